The first-order valence-corrected chi connectivity index (χ1v) is 40.6. The Balaban J connectivity index is 0.000000141. The zero-order valence-electron chi connectivity index (χ0n) is 64.8. The van der Waals surface area contributed by atoms with E-state index in [0.29, 0.717) is 32.9 Å². The van der Waals surface area contributed by atoms with Crippen molar-refractivity contribution in [2.75, 3.05) is 0 Å². The van der Waals surface area contributed by atoms with Crippen molar-refractivity contribution in [2.45, 2.75) is 0 Å². The van der Waals surface area contributed by atoms with Crippen LogP contribution in [0.15, 0.2) is 428 Å². The number of hydrogen-bond acceptors (Lipinski definition) is 6. The molecule has 0 saturated heterocycles. The minimum absolute atomic E-state index is 0.324. The van der Waals surface area contributed by atoms with E-state index in [-0.39, 0.29) is 16.9 Å². The molecule has 0 amide bonds. The average molecular weight is 1550 g/mol. The van der Waals surface area contributed by atoms with Crippen molar-refractivity contribution in [2.24, 2.45) is 0 Å². The fourth-order valence-electron chi connectivity index (χ4n) is 18.9. The fourth-order valence-corrected chi connectivity index (χ4v) is 18.9. The predicted octanol–water partition coefficient (Wildman–Crippen LogP) is 27.9. The Bertz CT molecular complexity index is 8560. The molecule has 0 spiro atoms. The van der Waals surface area contributed by atoms with Gasteiger partial charge in [0, 0.05) is 82.0 Å². The van der Waals surface area contributed by atoms with Crippen LogP contribution in [-0.4, -0.2) is 18.3 Å². The van der Waals surface area contributed by atoms with Crippen molar-refractivity contribution in [3.63, 3.8) is 0 Å². The van der Waals surface area contributed by atoms with Gasteiger partial charge in [-0.15, -0.1) is 0 Å². The molecule has 25 aromatic rings. The minimum atomic E-state index is -0.344. The van der Waals surface area contributed by atoms with E-state index in [1.165, 1.54) is 27.2 Å². The predicted molar refractivity (Wildman–Crippen MR) is 498 cm³/mol. The van der Waals surface area contributed by atoms with Gasteiger partial charge in [-0.3, -0.25) is 0 Å². The monoisotopic (exact) mass is 1550 g/mol. The first kappa shape index (κ1) is 68.9. The van der Waals surface area contributed by atoms with Crippen LogP contribution in [0.3, 0.4) is 0 Å². The maximum absolute atomic E-state index is 13.3. The molecular weight excluding hydrogens is 1490 g/mol. The molecule has 0 aliphatic heterocycles. The van der Waals surface area contributed by atoms with Gasteiger partial charge in [-0.25, -0.2) is 14.4 Å². The number of nitrogens with zero attached hydrogens (tertiary/aromatic N) is 4. The van der Waals surface area contributed by atoms with Gasteiger partial charge in [0.25, 0.3) is 0 Å². The van der Waals surface area contributed by atoms with Crippen molar-refractivity contribution >= 4 is 152 Å². The molecule has 566 valence electrons. The van der Waals surface area contributed by atoms with Crippen LogP contribution in [0.5, 0.6) is 0 Å². The second-order valence-electron chi connectivity index (χ2n) is 31.3. The van der Waals surface area contributed by atoms with Crippen molar-refractivity contribution in [3.8, 4) is 78.4 Å². The quantitative estimate of drug-likeness (QED) is 0.105. The van der Waals surface area contributed by atoms with Crippen molar-refractivity contribution < 1.29 is 13.3 Å². The van der Waals surface area contributed by atoms with Gasteiger partial charge in [0.15, 0.2) is 0 Å². The highest BCUT2D eigenvalue weighted by atomic mass is 16.4. The number of para-hydroxylation sites is 8. The van der Waals surface area contributed by atoms with Crippen molar-refractivity contribution in [1.29, 1.82) is 0 Å². The summed E-state index contributed by atoms with van der Waals surface area (Å²) in [4.78, 5) is 39.8. The molecule has 0 aliphatic carbocycles. The summed E-state index contributed by atoms with van der Waals surface area (Å²) >= 11 is 0. The van der Waals surface area contributed by atoms with Crippen LogP contribution in [-0.2, 0) is 0 Å². The Labute approximate surface area is 689 Å². The number of aromatic nitrogens is 4. The van der Waals surface area contributed by atoms with Crippen LogP contribution in [0.4, 0.5) is 0 Å². The summed E-state index contributed by atoms with van der Waals surface area (Å²) in [6, 6.07) is 139. The second kappa shape index (κ2) is 27.4. The molecule has 7 heterocycles. The first-order valence-electron chi connectivity index (χ1n) is 40.6. The van der Waals surface area contributed by atoms with Crippen LogP contribution in [0.2, 0.25) is 0 Å². The number of hydrogen-bond donors (Lipinski definition) is 0. The average Bonchev–Trinajstić information content (AvgIpc) is 1.62. The molecule has 10 nitrogen and oxygen atoms in total. The van der Waals surface area contributed by atoms with Gasteiger partial charge in [0.1, 0.15) is 16.7 Å². The molecule has 0 bridgehead atoms. The molecule has 7 aromatic heterocycles. The highest BCUT2D eigenvalue weighted by Crippen LogP contribution is 2.45. The van der Waals surface area contributed by atoms with E-state index in [9.17, 15) is 14.4 Å². The van der Waals surface area contributed by atoms with E-state index in [1.807, 2.05) is 121 Å². The molecular formula is C111H66N4O6. The van der Waals surface area contributed by atoms with Gasteiger partial charge >= 0.3 is 16.9 Å². The lowest BCUT2D eigenvalue weighted by Crippen LogP contribution is -2.00. The summed E-state index contributed by atoms with van der Waals surface area (Å²) in [7, 11) is 0. The van der Waals surface area contributed by atoms with E-state index in [2.05, 4.69) is 297 Å². The van der Waals surface area contributed by atoms with E-state index in [4.69, 9.17) is 13.3 Å². The van der Waals surface area contributed by atoms with Crippen molar-refractivity contribution in [3.05, 3.63) is 432 Å². The lowest BCUT2D eigenvalue weighted by Gasteiger charge is -2.10. The van der Waals surface area contributed by atoms with Gasteiger partial charge in [0.05, 0.1) is 60.3 Å². The van der Waals surface area contributed by atoms with Gasteiger partial charge in [-0.2, -0.15) is 0 Å². The van der Waals surface area contributed by atoms with E-state index < -0.39 is 0 Å². The Morgan fingerprint density at radius 1 is 0.140 bits per heavy atom. The maximum atomic E-state index is 13.3. The lowest BCUT2D eigenvalue weighted by molar-refractivity contribution is 0.569. The molecule has 0 aliphatic rings. The molecule has 0 fully saturated rings. The van der Waals surface area contributed by atoms with Crippen LogP contribution in [0, 0.1) is 0 Å². The fraction of sp³-hybridized carbons (Fsp3) is 0. The summed E-state index contributed by atoms with van der Waals surface area (Å²) < 4.78 is 26.6. The zero-order chi connectivity index (χ0) is 80.1. The SMILES string of the molecule is O=c1oc2ccccc2c2ccc(-c3ccc4c(c3)c3cc(-c5ccc6c(c5)c5cc(-c7ccc8c(c7)c(=O)oc7ccccc78)ccc5n6-c5ccccc5)ccc3n4-c3ccccc3)cc12.O=c1oc2ccccc2c2ccc(-c3ccc4c(c3)c3cc(-c5ccc6c7ccccc7n(-c7ccccc7)c6c5)ccc3n4-c3ccccc3)cc12. The van der Waals surface area contributed by atoms with E-state index in [0.717, 1.165) is 171 Å². The Morgan fingerprint density at radius 2 is 0.339 bits per heavy atom. The molecule has 10 heteroatoms. The molecule has 0 N–H and O–H groups in total. The third-order valence-electron chi connectivity index (χ3n) is 24.6. The molecule has 25 rings (SSSR count). The molecule has 0 saturated carbocycles. The summed E-state index contributed by atoms with van der Waals surface area (Å²) in [6.45, 7) is 0. The maximum Gasteiger partial charge on any atom is 0.344 e. The molecule has 0 unspecified atom stereocenters. The molecule has 18 aromatic carbocycles. The largest absolute Gasteiger partial charge is 0.422 e. The smallest absolute Gasteiger partial charge is 0.344 e. The van der Waals surface area contributed by atoms with Crippen LogP contribution < -0.4 is 16.9 Å². The van der Waals surface area contributed by atoms with Gasteiger partial charge in [-0.1, -0.05) is 231 Å². The molecule has 121 heavy (non-hydrogen) atoms. The van der Waals surface area contributed by atoms with E-state index >= 15 is 0 Å². The second-order valence-corrected chi connectivity index (χ2v) is 31.3. The number of benzene rings is 18. The van der Waals surface area contributed by atoms with Gasteiger partial charge in [-0.05, 0) is 242 Å². The number of rotatable bonds is 9. The standard InChI is InChI=1S/C62H36N2O4.C49H30N2O2/c65-61-53-35-37(19-25-45(53)47-15-7-9-17-59(47)67-61)39-21-27-55-49(31-39)51-33-41(23-29-57(51)63(55)43-11-3-1-4-12-43)42-24-30-58-52(34-42)50-32-40(22-28-56(50)64(58)44-13-5-2-6-14-44)38-20-26-46-48-16-8-10-18-60(48)68-62(66)54(46)36-38;52-49-43-29-31(19-23-37(43)40-16-8-10-18-48(40)53-49)32-21-25-45-41(27-32)42-28-33(22-26-46(42)50(45)35-11-3-1-4-12-35)34-20-24-39-38-15-7-9-17-44(38)51(47(39)30-34)36-13-5-2-6-14-36/h1-36H;1-30H. The number of fused-ring (bicyclic) bond motifs is 21. The van der Waals surface area contributed by atoms with Crippen molar-refractivity contribution in [1.82, 2.24) is 18.3 Å². The van der Waals surface area contributed by atoms with Gasteiger partial charge < -0.3 is 31.5 Å². The summed E-state index contributed by atoms with van der Waals surface area (Å²) in [5.74, 6) is 0. The first-order chi connectivity index (χ1) is 59.7. The lowest BCUT2D eigenvalue weighted by atomic mass is 9.97. The highest BCUT2D eigenvalue weighted by molar-refractivity contribution is 6.18. The van der Waals surface area contributed by atoms with Crippen LogP contribution in [0.1, 0.15) is 0 Å². The molecule has 0 radical (unpaired) electrons. The normalized spacial score (nSPS) is 11.9. The molecule has 0 atom stereocenters. The summed E-state index contributed by atoms with van der Waals surface area (Å²) in [6.07, 6.45) is 0. The Morgan fingerprint density at radius 3 is 0.628 bits per heavy atom. The third kappa shape index (κ3) is 11.1. The zero-order valence-corrected chi connectivity index (χ0v) is 64.8. The van der Waals surface area contributed by atoms with E-state index in [1.54, 1.807) is 0 Å². The Kier molecular flexibility index (Phi) is 15.6. The van der Waals surface area contributed by atoms with Crippen LogP contribution >= 0.6 is 0 Å². The Hall–Kier alpha value is -16.4. The van der Waals surface area contributed by atoms with Crippen LogP contribution in [0.25, 0.3) is 231 Å². The summed E-state index contributed by atoms with van der Waals surface area (Å²) in [5, 5.41) is 16.4. The summed E-state index contributed by atoms with van der Waals surface area (Å²) in [5.41, 5.74) is 24.6. The highest BCUT2D eigenvalue weighted by Gasteiger charge is 2.23. The van der Waals surface area contributed by atoms with Gasteiger partial charge in [0.2, 0.25) is 0 Å². The topological polar surface area (TPSA) is 110 Å². The minimum Gasteiger partial charge on any atom is -0.422 e. The third-order valence-corrected chi connectivity index (χ3v) is 24.6.